The van der Waals surface area contributed by atoms with E-state index in [1.807, 2.05) is 32.9 Å². The van der Waals surface area contributed by atoms with E-state index in [0.717, 1.165) is 48.6 Å². The average Bonchev–Trinajstić information content (AvgIpc) is 3.17. The van der Waals surface area contributed by atoms with Crippen LogP contribution in [0.25, 0.3) is 5.65 Å². The van der Waals surface area contributed by atoms with Crippen molar-refractivity contribution in [3.63, 3.8) is 0 Å². The van der Waals surface area contributed by atoms with Crippen LogP contribution in [0.2, 0.25) is 0 Å². The van der Waals surface area contributed by atoms with Crippen LogP contribution in [0, 0.1) is 27.7 Å². The Morgan fingerprint density at radius 2 is 1.56 bits per heavy atom. The Hall–Kier alpha value is -4.14. The van der Waals surface area contributed by atoms with Gasteiger partial charge in [0, 0.05) is 49.9 Å². The number of anilines is 3. The van der Waals surface area contributed by atoms with Crippen molar-refractivity contribution in [2.45, 2.75) is 34.2 Å². The van der Waals surface area contributed by atoms with Crippen molar-refractivity contribution in [2.75, 3.05) is 41.3 Å². The standard InChI is InChI=1S/C27H31N7O2/c1-18-5-7-22(8-6-18)31-11-13-32(14-12-31)25-26-30-34(27(36)33(26)10-9-28-25)17-23(35)29-24-20(3)15-19(2)16-21(24)4/h5-10,15-16H,11-14,17H2,1-4H3,(H,29,35). The van der Waals surface area contributed by atoms with Crippen molar-refractivity contribution >= 4 is 28.7 Å². The number of rotatable bonds is 5. The van der Waals surface area contributed by atoms with Gasteiger partial charge in [-0.2, -0.15) is 0 Å². The third-order valence-electron chi connectivity index (χ3n) is 6.70. The molecule has 1 aliphatic rings. The number of piperazine rings is 1. The van der Waals surface area contributed by atoms with Gasteiger partial charge in [0.1, 0.15) is 6.54 Å². The third-order valence-corrected chi connectivity index (χ3v) is 6.70. The monoisotopic (exact) mass is 485 g/mol. The number of benzene rings is 2. The maximum absolute atomic E-state index is 13.0. The molecule has 0 spiro atoms. The molecule has 3 heterocycles. The van der Waals surface area contributed by atoms with Gasteiger partial charge in [0.2, 0.25) is 11.6 Å². The van der Waals surface area contributed by atoms with Crippen LogP contribution in [0.5, 0.6) is 0 Å². The Labute approximate surface area is 210 Å². The maximum Gasteiger partial charge on any atom is 0.350 e. The first-order chi connectivity index (χ1) is 17.3. The molecule has 186 valence electrons. The molecule has 36 heavy (non-hydrogen) atoms. The average molecular weight is 486 g/mol. The number of nitrogens with zero attached hydrogens (tertiary/aromatic N) is 6. The lowest BCUT2D eigenvalue weighted by Gasteiger charge is -2.36. The minimum Gasteiger partial charge on any atom is -0.368 e. The van der Waals surface area contributed by atoms with Gasteiger partial charge in [-0.3, -0.25) is 4.79 Å². The molecule has 0 aliphatic carbocycles. The number of aromatic nitrogens is 4. The molecule has 1 aliphatic heterocycles. The number of hydrogen-bond acceptors (Lipinski definition) is 6. The second-order valence-electron chi connectivity index (χ2n) is 9.52. The highest BCUT2D eigenvalue weighted by molar-refractivity contribution is 5.92. The summed E-state index contributed by atoms with van der Waals surface area (Å²) in [7, 11) is 0. The summed E-state index contributed by atoms with van der Waals surface area (Å²) in [5, 5.41) is 7.45. The Balaban J connectivity index is 1.33. The first-order valence-electron chi connectivity index (χ1n) is 12.2. The fraction of sp³-hybridized carbons (Fsp3) is 0.333. The van der Waals surface area contributed by atoms with E-state index in [9.17, 15) is 9.59 Å². The maximum atomic E-state index is 13.0. The van der Waals surface area contributed by atoms with Crippen LogP contribution in [-0.4, -0.2) is 51.3 Å². The summed E-state index contributed by atoms with van der Waals surface area (Å²) in [6, 6.07) is 12.6. The normalized spacial score (nSPS) is 13.9. The van der Waals surface area contributed by atoms with E-state index >= 15 is 0 Å². The van der Waals surface area contributed by atoms with Gasteiger partial charge in [0.05, 0.1) is 0 Å². The molecule has 1 N–H and O–H groups in total. The van der Waals surface area contributed by atoms with Crippen LogP contribution in [0.1, 0.15) is 22.3 Å². The number of aryl methyl sites for hydroxylation is 4. The zero-order valence-electron chi connectivity index (χ0n) is 21.2. The molecule has 1 fully saturated rings. The van der Waals surface area contributed by atoms with Crippen molar-refractivity contribution in [1.29, 1.82) is 0 Å². The number of carbonyl (C=O) groups is 1. The summed E-state index contributed by atoms with van der Waals surface area (Å²) in [6.07, 6.45) is 3.21. The number of hydrogen-bond donors (Lipinski definition) is 1. The molecule has 2 aromatic carbocycles. The van der Waals surface area contributed by atoms with E-state index in [0.29, 0.717) is 11.5 Å². The Morgan fingerprint density at radius 1 is 0.917 bits per heavy atom. The molecule has 0 saturated carbocycles. The van der Waals surface area contributed by atoms with E-state index < -0.39 is 0 Å². The van der Waals surface area contributed by atoms with Gasteiger partial charge in [0.25, 0.3) is 0 Å². The smallest absolute Gasteiger partial charge is 0.350 e. The zero-order chi connectivity index (χ0) is 25.4. The van der Waals surface area contributed by atoms with Crippen LogP contribution in [0.15, 0.2) is 53.6 Å². The molecule has 0 atom stereocenters. The third kappa shape index (κ3) is 4.56. The summed E-state index contributed by atoms with van der Waals surface area (Å²) in [6.45, 7) is 11.1. The minimum atomic E-state index is -0.362. The van der Waals surface area contributed by atoms with Crippen LogP contribution >= 0.6 is 0 Å². The molecule has 1 saturated heterocycles. The molecule has 2 aromatic heterocycles. The highest BCUT2D eigenvalue weighted by Gasteiger charge is 2.23. The molecule has 1 amide bonds. The number of carbonyl (C=O) groups excluding carboxylic acids is 1. The molecular weight excluding hydrogens is 454 g/mol. The van der Waals surface area contributed by atoms with Crippen LogP contribution < -0.4 is 20.8 Å². The molecule has 9 heteroatoms. The Kier molecular flexibility index (Phi) is 6.22. The van der Waals surface area contributed by atoms with Gasteiger partial charge in [-0.15, -0.1) is 5.10 Å². The number of amides is 1. The van der Waals surface area contributed by atoms with E-state index in [1.54, 1.807) is 12.4 Å². The summed E-state index contributed by atoms with van der Waals surface area (Å²) >= 11 is 0. The first kappa shape index (κ1) is 23.6. The fourth-order valence-electron chi connectivity index (χ4n) is 4.89. The van der Waals surface area contributed by atoms with E-state index in [2.05, 4.69) is 56.4 Å². The summed E-state index contributed by atoms with van der Waals surface area (Å²) in [4.78, 5) is 34.9. The molecule has 0 radical (unpaired) electrons. The molecule has 0 bridgehead atoms. The van der Waals surface area contributed by atoms with Gasteiger partial charge in [-0.05, 0) is 51.0 Å². The summed E-state index contributed by atoms with van der Waals surface area (Å²) in [5.41, 5.74) is 6.43. The molecule has 0 unspecified atom stereocenters. The number of nitrogens with one attached hydrogen (secondary N) is 1. The SMILES string of the molecule is Cc1ccc(N2CCN(c3nccn4c(=O)n(CC(=O)Nc5c(C)cc(C)cc5C)nc34)CC2)cc1. The predicted octanol–water partition coefficient (Wildman–Crippen LogP) is 3.09. The van der Waals surface area contributed by atoms with Gasteiger partial charge in [-0.25, -0.2) is 18.9 Å². The van der Waals surface area contributed by atoms with Gasteiger partial charge in [0.15, 0.2) is 5.82 Å². The van der Waals surface area contributed by atoms with E-state index in [-0.39, 0.29) is 18.1 Å². The van der Waals surface area contributed by atoms with Gasteiger partial charge in [-0.1, -0.05) is 35.4 Å². The highest BCUT2D eigenvalue weighted by atomic mass is 16.2. The van der Waals surface area contributed by atoms with Crippen LogP contribution in [-0.2, 0) is 11.3 Å². The van der Waals surface area contributed by atoms with E-state index in [4.69, 9.17) is 0 Å². The number of fused-ring (bicyclic) bond motifs is 1. The molecule has 9 nitrogen and oxygen atoms in total. The minimum absolute atomic E-state index is 0.173. The Morgan fingerprint density at radius 3 is 2.22 bits per heavy atom. The second-order valence-corrected chi connectivity index (χ2v) is 9.52. The quantitative estimate of drug-likeness (QED) is 0.468. The van der Waals surface area contributed by atoms with Crippen molar-refractivity contribution in [2.24, 2.45) is 0 Å². The summed E-state index contributed by atoms with van der Waals surface area (Å²) < 4.78 is 2.67. The van der Waals surface area contributed by atoms with E-state index in [1.165, 1.54) is 20.3 Å². The topological polar surface area (TPSA) is 87.8 Å². The largest absolute Gasteiger partial charge is 0.368 e. The lowest BCUT2D eigenvalue weighted by Crippen LogP contribution is -2.47. The highest BCUT2D eigenvalue weighted by Crippen LogP contribution is 2.23. The lowest BCUT2D eigenvalue weighted by molar-refractivity contribution is -0.117. The summed E-state index contributed by atoms with van der Waals surface area (Å²) in [5.74, 6) is 0.360. The fourth-order valence-corrected chi connectivity index (χ4v) is 4.89. The molecule has 4 aromatic rings. The van der Waals surface area contributed by atoms with Crippen molar-refractivity contribution < 1.29 is 4.79 Å². The van der Waals surface area contributed by atoms with Crippen LogP contribution in [0.3, 0.4) is 0 Å². The predicted molar refractivity (Wildman–Crippen MR) is 142 cm³/mol. The molecule has 5 rings (SSSR count). The second kappa shape index (κ2) is 9.49. The van der Waals surface area contributed by atoms with Gasteiger partial charge >= 0.3 is 5.69 Å². The lowest BCUT2D eigenvalue weighted by atomic mass is 10.1. The zero-order valence-corrected chi connectivity index (χ0v) is 21.2. The van der Waals surface area contributed by atoms with Crippen LogP contribution in [0.4, 0.5) is 17.2 Å². The first-order valence-corrected chi connectivity index (χ1v) is 12.2. The van der Waals surface area contributed by atoms with Crippen molar-refractivity contribution in [3.8, 4) is 0 Å². The van der Waals surface area contributed by atoms with Crippen molar-refractivity contribution in [1.82, 2.24) is 19.2 Å². The Bertz CT molecular complexity index is 1460. The molecular formula is C27H31N7O2. The van der Waals surface area contributed by atoms with Crippen molar-refractivity contribution in [3.05, 3.63) is 81.5 Å². The van der Waals surface area contributed by atoms with Gasteiger partial charge < -0.3 is 15.1 Å².